The molecule has 10 heteroatoms. The lowest BCUT2D eigenvalue weighted by molar-refractivity contribution is -0.115. The average Bonchev–Trinajstić information content (AvgIpc) is 3.07. The van der Waals surface area contributed by atoms with Crippen molar-refractivity contribution >= 4 is 38.9 Å². The van der Waals surface area contributed by atoms with Crippen LogP contribution in [0, 0.1) is 0 Å². The zero-order valence-electron chi connectivity index (χ0n) is 15.3. The molecule has 0 aromatic heterocycles. The summed E-state index contributed by atoms with van der Waals surface area (Å²) >= 11 is 0. The molecular formula is C18H19N3O6S. The number of carbonyl (C=O) groups is 2. The smallest absolute Gasteiger partial charge is 0.245 e. The fourth-order valence-electron chi connectivity index (χ4n) is 2.61. The quantitative estimate of drug-likeness (QED) is 0.757. The van der Waals surface area contributed by atoms with Gasteiger partial charge in [0.25, 0.3) is 0 Å². The maximum Gasteiger partial charge on any atom is 0.245 e. The first-order valence-electron chi connectivity index (χ1n) is 8.27. The lowest BCUT2D eigenvalue weighted by Gasteiger charge is -2.22. The lowest BCUT2D eigenvalue weighted by Crippen LogP contribution is -2.37. The van der Waals surface area contributed by atoms with E-state index in [0.29, 0.717) is 28.6 Å². The molecular weight excluding hydrogens is 386 g/mol. The summed E-state index contributed by atoms with van der Waals surface area (Å²) in [5.74, 6) is 0.209. The van der Waals surface area contributed by atoms with Crippen molar-refractivity contribution in [3.63, 3.8) is 0 Å². The molecule has 3 rings (SSSR count). The highest BCUT2D eigenvalue weighted by Gasteiger charge is 2.23. The SMILES string of the molecule is CC(=O)Nc1ccc(NC(=O)CN(c2ccc3c(c2)OCO3)S(C)(=O)=O)cc1. The summed E-state index contributed by atoms with van der Waals surface area (Å²) in [4.78, 5) is 23.4. The molecule has 0 saturated carbocycles. The molecule has 1 heterocycles. The number of rotatable bonds is 6. The van der Waals surface area contributed by atoms with E-state index in [2.05, 4.69) is 10.6 Å². The molecule has 0 saturated heterocycles. The first kappa shape index (κ1) is 19.5. The van der Waals surface area contributed by atoms with Crippen LogP contribution >= 0.6 is 0 Å². The molecule has 0 unspecified atom stereocenters. The Morgan fingerprint density at radius 2 is 1.61 bits per heavy atom. The van der Waals surface area contributed by atoms with Crippen molar-refractivity contribution in [1.82, 2.24) is 0 Å². The van der Waals surface area contributed by atoms with E-state index in [4.69, 9.17) is 9.47 Å². The minimum absolute atomic E-state index is 0.0621. The van der Waals surface area contributed by atoms with Crippen LogP contribution < -0.4 is 24.4 Å². The van der Waals surface area contributed by atoms with Crippen LogP contribution in [0.5, 0.6) is 11.5 Å². The molecule has 2 aromatic carbocycles. The number of fused-ring (bicyclic) bond motifs is 1. The van der Waals surface area contributed by atoms with E-state index in [1.807, 2.05) is 0 Å². The van der Waals surface area contributed by atoms with Crippen LogP contribution in [0.2, 0.25) is 0 Å². The van der Waals surface area contributed by atoms with Crippen molar-refractivity contribution in [3.8, 4) is 11.5 Å². The Balaban J connectivity index is 1.73. The minimum Gasteiger partial charge on any atom is -0.454 e. The maximum absolute atomic E-state index is 12.4. The minimum atomic E-state index is -3.71. The van der Waals surface area contributed by atoms with E-state index < -0.39 is 22.5 Å². The first-order chi connectivity index (χ1) is 13.2. The number of nitrogens with zero attached hydrogens (tertiary/aromatic N) is 1. The third kappa shape index (κ3) is 4.71. The van der Waals surface area contributed by atoms with Gasteiger partial charge < -0.3 is 20.1 Å². The summed E-state index contributed by atoms with van der Waals surface area (Å²) in [6.45, 7) is 1.05. The second-order valence-corrected chi connectivity index (χ2v) is 8.02. The van der Waals surface area contributed by atoms with Gasteiger partial charge in [-0.1, -0.05) is 0 Å². The zero-order valence-corrected chi connectivity index (χ0v) is 16.1. The molecule has 0 atom stereocenters. The van der Waals surface area contributed by atoms with Crippen LogP contribution in [0.25, 0.3) is 0 Å². The molecule has 0 fully saturated rings. The molecule has 9 nitrogen and oxygen atoms in total. The molecule has 2 amide bonds. The van der Waals surface area contributed by atoms with Crippen molar-refractivity contribution in [2.75, 3.05) is 34.5 Å². The van der Waals surface area contributed by atoms with Crippen molar-refractivity contribution in [1.29, 1.82) is 0 Å². The fraction of sp³-hybridized carbons (Fsp3) is 0.222. The Morgan fingerprint density at radius 1 is 1.00 bits per heavy atom. The molecule has 1 aliphatic rings. The van der Waals surface area contributed by atoms with Gasteiger partial charge in [-0.15, -0.1) is 0 Å². The van der Waals surface area contributed by atoms with Gasteiger partial charge in [-0.2, -0.15) is 0 Å². The van der Waals surface area contributed by atoms with Crippen LogP contribution in [0.3, 0.4) is 0 Å². The molecule has 2 aromatic rings. The summed E-state index contributed by atoms with van der Waals surface area (Å²) in [6.07, 6.45) is 1.02. The highest BCUT2D eigenvalue weighted by Crippen LogP contribution is 2.36. The molecule has 148 valence electrons. The number of hydrogen-bond donors (Lipinski definition) is 2. The molecule has 0 bridgehead atoms. The largest absolute Gasteiger partial charge is 0.454 e. The molecule has 1 aliphatic heterocycles. The number of carbonyl (C=O) groups excluding carboxylic acids is 2. The van der Waals surface area contributed by atoms with Crippen LogP contribution in [-0.2, 0) is 19.6 Å². The van der Waals surface area contributed by atoms with Gasteiger partial charge in [0, 0.05) is 24.4 Å². The highest BCUT2D eigenvalue weighted by molar-refractivity contribution is 7.92. The number of hydrogen-bond acceptors (Lipinski definition) is 6. The van der Waals surface area contributed by atoms with Crippen molar-refractivity contribution in [2.24, 2.45) is 0 Å². The Labute approximate surface area is 162 Å². The summed E-state index contributed by atoms with van der Waals surface area (Å²) in [6, 6.07) is 11.1. The van der Waals surface area contributed by atoms with Crippen LogP contribution in [0.4, 0.5) is 17.1 Å². The first-order valence-corrected chi connectivity index (χ1v) is 10.1. The highest BCUT2D eigenvalue weighted by atomic mass is 32.2. The van der Waals surface area contributed by atoms with Gasteiger partial charge >= 0.3 is 0 Å². The van der Waals surface area contributed by atoms with Crippen LogP contribution in [0.15, 0.2) is 42.5 Å². The summed E-state index contributed by atoms with van der Waals surface area (Å²) < 4.78 is 35.9. The van der Waals surface area contributed by atoms with Gasteiger partial charge in [0.05, 0.1) is 11.9 Å². The van der Waals surface area contributed by atoms with Crippen LogP contribution in [-0.4, -0.2) is 39.8 Å². The predicted octanol–water partition coefficient (Wildman–Crippen LogP) is 1.78. The summed E-state index contributed by atoms with van der Waals surface area (Å²) in [5.41, 5.74) is 1.35. The number of anilines is 3. The number of amides is 2. The fourth-order valence-corrected chi connectivity index (χ4v) is 3.46. The monoisotopic (exact) mass is 405 g/mol. The lowest BCUT2D eigenvalue weighted by atomic mass is 10.2. The maximum atomic E-state index is 12.4. The van der Waals surface area contributed by atoms with E-state index in [9.17, 15) is 18.0 Å². The Kier molecular flexibility index (Phi) is 5.41. The second kappa shape index (κ2) is 7.77. The Morgan fingerprint density at radius 3 is 2.21 bits per heavy atom. The Hall–Kier alpha value is -3.27. The topological polar surface area (TPSA) is 114 Å². The van der Waals surface area contributed by atoms with Gasteiger partial charge in [0.2, 0.25) is 28.6 Å². The van der Waals surface area contributed by atoms with Gasteiger partial charge in [-0.3, -0.25) is 13.9 Å². The average molecular weight is 405 g/mol. The molecule has 0 spiro atoms. The molecule has 2 N–H and O–H groups in total. The Bertz CT molecular complexity index is 1000. The summed E-state index contributed by atoms with van der Waals surface area (Å²) in [5, 5.41) is 5.25. The number of nitrogens with one attached hydrogen (secondary N) is 2. The van der Waals surface area contributed by atoms with Gasteiger partial charge in [0.15, 0.2) is 11.5 Å². The van der Waals surface area contributed by atoms with Gasteiger partial charge in [0.1, 0.15) is 6.54 Å². The molecule has 0 radical (unpaired) electrons. The summed E-state index contributed by atoms with van der Waals surface area (Å²) in [7, 11) is -3.71. The normalized spacial score (nSPS) is 12.4. The third-order valence-electron chi connectivity index (χ3n) is 3.82. The number of benzene rings is 2. The molecule has 28 heavy (non-hydrogen) atoms. The zero-order chi connectivity index (χ0) is 20.3. The van der Waals surface area contributed by atoms with E-state index in [1.54, 1.807) is 36.4 Å². The van der Waals surface area contributed by atoms with Crippen LogP contribution in [0.1, 0.15) is 6.92 Å². The van der Waals surface area contributed by atoms with Gasteiger partial charge in [-0.05, 0) is 36.4 Å². The molecule has 0 aliphatic carbocycles. The number of sulfonamides is 1. The standard InChI is InChI=1S/C18H19N3O6S/c1-12(22)19-13-3-5-14(6-4-13)20-18(23)10-21(28(2,24)25)15-7-8-16-17(9-15)27-11-26-16/h3-9H,10-11H2,1-2H3,(H,19,22)(H,20,23). The predicted molar refractivity (Wildman–Crippen MR) is 104 cm³/mol. The van der Waals surface area contributed by atoms with E-state index in [0.717, 1.165) is 10.6 Å². The van der Waals surface area contributed by atoms with E-state index in [-0.39, 0.29) is 12.7 Å². The van der Waals surface area contributed by atoms with Gasteiger partial charge in [-0.25, -0.2) is 8.42 Å². The van der Waals surface area contributed by atoms with E-state index >= 15 is 0 Å². The van der Waals surface area contributed by atoms with Crippen molar-refractivity contribution in [3.05, 3.63) is 42.5 Å². The van der Waals surface area contributed by atoms with Crippen molar-refractivity contribution < 1.29 is 27.5 Å². The second-order valence-electron chi connectivity index (χ2n) is 6.11. The van der Waals surface area contributed by atoms with E-state index in [1.165, 1.54) is 13.0 Å². The number of ether oxygens (including phenoxy) is 2. The van der Waals surface area contributed by atoms with Crippen molar-refractivity contribution in [2.45, 2.75) is 6.92 Å². The third-order valence-corrected chi connectivity index (χ3v) is 4.96.